The molecule has 3 rings (SSSR count). The van der Waals surface area contributed by atoms with Crippen LogP contribution in [0.3, 0.4) is 0 Å². The van der Waals surface area contributed by atoms with Gasteiger partial charge in [-0.3, -0.25) is 4.79 Å². The number of benzene rings is 2. The van der Waals surface area contributed by atoms with E-state index in [1.165, 1.54) is 6.07 Å². The lowest BCUT2D eigenvalue weighted by atomic mass is 10.2. The van der Waals surface area contributed by atoms with Crippen LogP contribution in [0.2, 0.25) is 0 Å². The Kier molecular flexibility index (Phi) is 5.45. The van der Waals surface area contributed by atoms with Crippen molar-refractivity contribution in [2.75, 3.05) is 5.32 Å². The molecule has 0 saturated heterocycles. The number of anilines is 1. The van der Waals surface area contributed by atoms with Gasteiger partial charge in [-0.05, 0) is 43.3 Å². The van der Waals surface area contributed by atoms with E-state index < -0.39 is 17.5 Å². The molecule has 0 spiro atoms. The van der Waals surface area contributed by atoms with Crippen molar-refractivity contribution >= 4 is 34.7 Å². The van der Waals surface area contributed by atoms with Gasteiger partial charge in [0.2, 0.25) is 0 Å². The average molecular weight is 376 g/mol. The summed E-state index contributed by atoms with van der Waals surface area (Å²) in [5.74, 6) is -1.18. The topological polar surface area (TPSA) is 42.0 Å². The third kappa shape index (κ3) is 4.64. The molecule has 3 nitrogen and oxygen atoms in total. The number of thiazole rings is 1. The molecule has 1 N–H and O–H groups in total. The van der Waals surface area contributed by atoms with Gasteiger partial charge in [-0.25, -0.2) is 13.8 Å². The van der Waals surface area contributed by atoms with Crippen LogP contribution in [0.25, 0.3) is 0 Å². The van der Waals surface area contributed by atoms with Crippen LogP contribution >= 0.6 is 23.1 Å². The summed E-state index contributed by atoms with van der Waals surface area (Å²) in [6.07, 6.45) is 0. The van der Waals surface area contributed by atoms with Gasteiger partial charge in [0.05, 0.1) is 16.4 Å². The highest BCUT2D eigenvalue weighted by molar-refractivity contribution is 7.98. The van der Waals surface area contributed by atoms with Crippen molar-refractivity contribution in [3.63, 3.8) is 0 Å². The van der Waals surface area contributed by atoms with E-state index in [-0.39, 0.29) is 5.69 Å². The number of hydrogen-bond donors (Lipinski definition) is 1. The van der Waals surface area contributed by atoms with Gasteiger partial charge in [0.1, 0.15) is 11.6 Å². The van der Waals surface area contributed by atoms with Crippen molar-refractivity contribution in [2.45, 2.75) is 17.6 Å². The van der Waals surface area contributed by atoms with Crippen molar-refractivity contribution in [2.24, 2.45) is 0 Å². The molecule has 7 heteroatoms. The number of aromatic nitrogens is 1. The summed E-state index contributed by atoms with van der Waals surface area (Å²) in [5, 5.41) is 5.50. The van der Waals surface area contributed by atoms with Crippen LogP contribution in [-0.2, 0) is 5.75 Å². The van der Waals surface area contributed by atoms with E-state index in [0.717, 1.165) is 33.5 Å². The minimum absolute atomic E-state index is 0.0521. The minimum Gasteiger partial charge on any atom is -0.319 e. The lowest BCUT2D eigenvalue weighted by Gasteiger charge is -2.07. The molecular formula is C18H14F2N2OS2. The third-order valence-electron chi connectivity index (χ3n) is 3.35. The standard InChI is InChI=1S/C18H14F2N2OS2/c1-11-21-14(9-24-11)10-25-15-5-2-12(3-6-15)18(23)22-17-7-4-13(19)8-16(17)20/h2-9H,10H2,1H3,(H,22,23). The molecule has 0 fully saturated rings. The highest BCUT2D eigenvalue weighted by Gasteiger charge is 2.10. The second-order valence-electron chi connectivity index (χ2n) is 5.25. The van der Waals surface area contributed by atoms with Crippen LogP contribution < -0.4 is 5.32 Å². The van der Waals surface area contributed by atoms with E-state index in [0.29, 0.717) is 5.56 Å². The first-order valence-electron chi connectivity index (χ1n) is 7.41. The summed E-state index contributed by atoms with van der Waals surface area (Å²) in [6.45, 7) is 1.97. The fourth-order valence-electron chi connectivity index (χ4n) is 2.12. The highest BCUT2D eigenvalue weighted by Crippen LogP contribution is 2.24. The van der Waals surface area contributed by atoms with Gasteiger partial charge < -0.3 is 5.32 Å². The Bertz CT molecular complexity index is 894. The second-order valence-corrected chi connectivity index (χ2v) is 7.36. The van der Waals surface area contributed by atoms with Crippen molar-refractivity contribution in [3.8, 4) is 0 Å². The Morgan fingerprint density at radius 2 is 1.96 bits per heavy atom. The number of amides is 1. The maximum Gasteiger partial charge on any atom is 0.255 e. The fraction of sp³-hybridized carbons (Fsp3) is 0.111. The number of carbonyl (C=O) groups excluding carboxylic acids is 1. The molecule has 3 aromatic rings. The van der Waals surface area contributed by atoms with Gasteiger partial charge in [-0.1, -0.05) is 0 Å². The van der Waals surface area contributed by atoms with Crippen molar-refractivity contribution < 1.29 is 13.6 Å². The summed E-state index contributed by atoms with van der Waals surface area (Å²) in [6, 6.07) is 10.0. The van der Waals surface area contributed by atoms with Gasteiger partial charge in [0, 0.05) is 27.7 Å². The molecule has 0 unspecified atom stereocenters. The van der Waals surface area contributed by atoms with Crippen molar-refractivity contribution in [1.29, 1.82) is 0 Å². The molecule has 0 bridgehead atoms. The Morgan fingerprint density at radius 3 is 2.60 bits per heavy atom. The zero-order chi connectivity index (χ0) is 17.8. The summed E-state index contributed by atoms with van der Waals surface area (Å²) in [7, 11) is 0. The maximum absolute atomic E-state index is 13.6. The number of carbonyl (C=O) groups is 1. The Hall–Kier alpha value is -2.25. The minimum atomic E-state index is -0.806. The normalized spacial score (nSPS) is 10.7. The maximum atomic E-state index is 13.6. The number of thioether (sulfide) groups is 1. The Labute approximate surface area is 152 Å². The largest absolute Gasteiger partial charge is 0.319 e. The molecule has 0 aliphatic rings. The molecular weight excluding hydrogens is 362 g/mol. The molecule has 25 heavy (non-hydrogen) atoms. The van der Waals surface area contributed by atoms with E-state index in [9.17, 15) is 13.6 Å². The summed E-state index contributed by atoms with van der Waals surface area (Å²) >= 11 is 3.24. The number of nitrogens with one attached hydrogen (secondary N) is 1. The molecule has 2 aromatic carbocycles. The Morgan fingerprint density at radius 1 is 1.20 bits per heavy atom. The highest BCUT2D eigenvalue weighted by atomic mass is 32.2. The number of aryl methyl sites for hydroxylation is 1. The van der Waals surface area contributed by atoms with Gasteiger partial charge in [-0.2, -0.15) is 0 Å². The second kappa shape index (κ2) is 7.76. The molecule has 1 aromatic heterocycles. The van der Waals surface area contributed by atoms with Crippen molar-refractivity contribution in [1.82, 2.24) is 4.98 Å². The van der Waals surface area contributed by atoms with Gasteiger partial charge in [0.25, 0.3) is 5.91 Å². The summed E-state index contributed by atoms with van der Waals surface area (Å²) < 4.78 is 26.5. The lowest BCUT2D eigenvalue weighted by Crippen LogP contribution is -2.13. The van der Waals surface area contributed by atoms with E-state index in [4.69, 9.17) is 0 Å². The zero-order valence-electron chi connectivity index (χ0n) is 13.3. The van der Waals surface area contributed by atoms with E-state index in [1.807, 2.05) is 24.4 Å². The van der Waals surface area contributed by atoms with Crippen LogP contribution in [0.15, 0.2) is 52.7 Å². The van der Waals surface area contributed by atoms with E-state index in [1.54, 1.807) is 35.2 Å². The van der Waals surface area contributed by atoms with Gasteiger partial charge in [0.15, 0.2) is 0 Å². The summed E-state index contributed by atoms with van der Waals surface area (Å²) in [5.41, 5.74) is 1.38. The van der Waals surface area contributed by atoms with Gasteiger partial charge >= 0.3 is 0 Å². The first-order valence-corrected chi connectivity index (χ1v) is 9.28. The van der Waals surface area contributed by atoms with Gasteiger partial charge in [-0.15, -0.1) is 23.1 Å². The molecule has 0 atom stereocenters. The van der Waals surface area contributed by atoms with Crippen LogP contribution in [0.4, 0.5) is 14.5 Å². The third-order valence-corrected chi connectivity index (χ3v) is 5.22. The molecule has 1 heterocycles. The number of hydrogen-bond acceptors (Lipinski definition) is 4. The quantitative estimate of drug-likeness (QED) is 0.617. The molecule has 0 aliphatic heterocycles. The number of nitrogens with zero attached hydrogens (tertiary/aromatic N) is 1. The number of rotatable bonds is 5. The van der Waals surface area contributed by atoms with Crippen LogP contribution in [-0.4, -0.2) is 10.9 Å². The van der Waals surface area contributed by atoms with Crippen LogP contribution in [0.1, 0.15) is 21.1 Å². The smallest absolute Gasteiger partial charge is 0.255 e. The monoisotopic (exact) mass is 376 g/mol. The summed E-state index contributed by atoms with van der Waals surface area (Å²) in [4.78, 5) is 17.6. The first kappa shape index (κ1) is 17.6. The number of halogens is 2. The predicted octanol–water partition coefficient (Wildman–Crippen LogP) is 5.27. The van der Waals surface area contributed by atoms with Crippen molar-refractivity contribution in [3.05, 3.63) is 75.7 Å². The Balaban J connectivity index is 1.62. The molecule has 128 valence electrons. The van der Waals surface area contributed by atoms with E-state index in [2.05, 4.69) is 10.3 Å². The molecule has 0 saturated carbocycles. The SMILES string of the molecule is Cc1nc(CSc2ccc(C(=O)Nc3ccc(F)cc3F)cc2)cs1. The average Bonchev–Trinajstić information content (AvgIpc) is 3.01. The first-order chi connectivity index (χ1) is 12.0. The molecule has 1 amide bonds. The lowest BCUT2D eigenvalue weighted by molar-refractivity contribution is 0.102. The van der Waals surface area contributed by atoms with E-state index >= 15 is 0 Å². The zero-order valence-corrected chi connectivity index (χ0v) is 14.9. The predicted molar refractivity (Wildman–Crippen MR) is 97.2 cm³/mol. The van der Waals surface area contributed by atoms with Crippen LogP contribution in [0, 0.1) is 18.6 Å². The molecule has 0 radical (unpaired) electrons. The van der Waals surface area contributed by atoms with Crippen LogP contribution in [0.5, 0.6) is 0 Å². The fourth-order valence-corrected chi connectivity index (χ4v) is 3.63. The molecule has 0 aliphatic carbocycles.